The topological polar surface area (TPSA) is 108 Å². The van der Waals surface area contributed by atoms with Crippen molar-refractivity contribution in [3.8, 4) is 0 Å². The van der Waals surface area contributed by atoms with E-state index >= 15 is 0 Å². The number of carbonyl (C=O) groups excluding carboxylic acids is 1. The van der Waals surface area contributed by atoms with Gasteiger partial charge >= 0.3 is 0 Å². The number of hydrogen-bond donors (Lipinski definition) is 2. The first-order chi connectivity index (χ1) is 7.79. The number of aromatic nitrogens is 3. The van der Waals surface area contributed by atoms with Crippen LogP contribution in [0.25, 0.3) is 0 Å². The van der Waals surface area contributed by atoms with Gasteiger partial charge in [0.05, 0.1) is 32.3 Å². The molecule has 0 aliphatic carbocycles. The summed E-state index contributed by atoms with van der Waals surface area (Å²) in [6.45, 7) is 4.19. The van der Waals surface area contributed by atoms with Gasteiger partial charge in [-0.2, -0.15) is 5.10 Å². The predicted molar refractivity (Wildman–Crippen MR) is 54.6 cm³/mol. The maximum Gasteiger partial charge on any atom is 0.183 e. The number of hydrogen-bond acceptors (Lipinski definition) is 6. The Kier molecular flexibility index (Phi) is 6.54. The summed E-state index contributed by atoms with van der Waals surface area (Å²) in [5, 5.41) is 18.7. The zero-order valence-electron chi connectivity index (χ0n) is 8.72. The van der Waals surface area contributed by atoms with Crippen LogP contribution in [0.5, 0.6) is 0 Å². The maximum atomic E-state index is 9.90. The van der Waals surface area contributed by atoms with E-state index in [2.05, 4.69) is 20.5 Å². The molecule has 0 unspecified atom stereocenters. The van der Waals surface area contributed by atoms with Crippen molar-refractivity contribution < 1.29 is 20.0 Å². The van der Waals surface area contributed by atoms with E-state index < -0.39 is 5.97 Å². The highest BCUT2D eigenvalue weighted by Crippen LogP contribution is 2.08. The number of rotatable bonds is 3. The summed E-state index contributed by atoms with van der Waals surface area (Å²) >= 11 is 1.04. The van der Waals surface area contributed by atoms with Gasteiger partial charge in [-0.1, -0.05) is 11.8 Å². The van der Waals surface area contributed by atoms with Crippen LogP contribution in [0.15, 0.2) is 11.5 Å². The zero-order valence-corrected chi connectivity index (χ0v) is 9.53. The number of ether oxygens (including phenoxy) is 1. The molecule has 0 amide bonds. The van der Waals surface area contributed by atoms with Gasteiger partial charge in [-0.3, -0.25) is 5.10 Å². The summed E-state index contributed by atoms with van der Waals surface area (Å²) in [7, 11) is 0. The molecule has 1 saturated heterocycles. The number of quaternary nitrogens is 1. The molecule has 1 aliphatic rings. The molecule has 0 atom stereocenters. The van der Waals surface area contributed by atoms with Gasteiger partial charge in [0, 0.05) is 5.75 Å². The molecule has 7 nitrogen and oxygen atoms in total. The van der Waals surface area contributed by atoms with Crippen molar-refractivity contribution in [2.75, 3.05) is 32.1 Å². The quantitative estimate of drug-likeness (QED) is 0.559. The van der Waals surface area contributed by atoms with Crippen molar-refractivity contribution in [2.24, 2.45) is 0 Å². The average Bonchev–Trinajstić information content (AvgIpc) is 2.82. The van der Waals surface area contributed by atoms with Gasteiger partial charge in [0.15, 0.2) is 5.16 Å². The first-order valence-electron chi connectivity index (χ1n) is 4.86. The second kappa shape index (κ2) is 8.08. The van der Waals surface area contributed by atoms with Crippen LogP contribution in [-0.2, 0) is 9.53 Å². The molecule has 1 aromatic rings. The minimum absolute atomic E-state index is 0.102. The molecule has 16 heavy (non-hydrogen) atoms. The standard InChI is InChI=1S/C4H5N3O2S.C4H9NO/c8-3(9)1-10-4-5-2-6-7-4;1-3-6-4-2-5-1/h2H,1H2,(H,8,9)(H,5,6,7);5H,1-4H2. The van der Waals surface area contributed by atoms with Crippen LogP contribution in [0.4, 0.5) is 0 Å². The summed E-state index contributed by atoms with van der Waals surface area (Å²) < 4.78 is 5.04. The number of morpholine rings is 1. The first kappa shape index (κ1) is 12.9. The molecule has 0 saturated carbocycles. The van der Waals surface area contributed by atoms with E-state index in [1.54, 1.807) is 0 Å². The Morgan fingerprint density at radius 2 is 2.38 bits per heavy atom. The van der Waals surface area contributed by atoms with Crippen LogP contribution in [-0.4, -0.2) is 53.2 Å². The lowest BCUT2D eigenvalue weighted by Gasteiger charge is -2.07. The van der Waals surface area contributed by atoms with Gasteiger partial charge in [0.25, 0.3) is 0 Å². The number of nitrogens with one attached hydrogen (secondary N) is 1. The lowest BCUT2D eigenvalue weighted by atomic mass is 10.5. The Labute approximate surface area is 97.0 Å². The molecule has 1 fully saturated rings. The fourth-order valence-electron chi connectivity index (χ4n) is 0.971. The van der Waals surface area contributed by atoms with Crippen LogP contribution in [0, 0.1) is 0 Å². The Hall–Kier alpha value is -1.12. The third-order valence-electron chi connectivity index (χ3n) is 1.65. The smallest absolute Gasteiger partial charge is 0.183 e. The Balaban J connectivity index is 0.000000181. The number of nitrogens with two attached hydrogens (primary N) is 1. The second-order valence-electron chi connectivity index (χ2n) is 2.93. The largest absolute Gasteiger partial charge is 0.549 e. The molecule has 0 bridgehead atoms. The molecular weight excluding hydrogens is 232 g/mol. The van der Waals surface area contributed by atoms with Gasteiger partial charge in [-0.25, -0.2) is 4.98 Å². The van der Waals surface area contributed by atoms with Gasteiger partial charge in [0.2, 0.25) is 0 Å². The molecule has 2 heterocycles. The molecule has 1 aromatic heterocycles. The Morgan fingerprint density at radius 1 is 1.62 bits per heavy atom. The van der Waals surface area contributed by atoms with E-state index in [1.807, 2.05) is 0 Å². The SMILES string of the molecule is C1COCC[NH2+]1.O=C([O-])CSc1ncn[nH]1. The number of carboxylic acid groups (broad SMARTS) is 1. The van der Waals surface area contributed by atoms with Crippen LogP contribution in [0.2, 0.25) is 0 Å². The van der Waals surface area contributed by atoms with Crippen LogP contribution < -0.4 is 10.4 Å². The van der Waals surface area contributed by atoms with Crippen molar-refractivity contribution in [2.45, 2.75) is 5.16 Å². The van der Waals surface area contributed by atoms with Gasteiger partial charge in [-0.05, 0) is 0 Å². The summed E-state index contributed by atoms with van der Waals surface area (Å²) in [5.74, 6) is -1.21. The maximum absolute atomic E-state index is 9.90. The normalized spacial score (nSPS) is 15.0. The lowest BCUT2D eigenvalue weighted by molar-refractivity contribution is -0.670. The minimum atomic E-state index is -1.11. The van der Waals surface area contributed by atoms with E-state index in [1.165, 1.54) is 6.33 Å². The van der Waals surface area contributed by atoms with Crippen molar-refractivity contribution in [3.05, 3.63) is 6.33 Å². The minimum Gasteiger partial charge on any atom is -0.549 e. The van der Waals surface area contributed by atoms with Gasteiger partial charge in [-0.15, -0.1) is 0 Å². The number of aliphatic carboxylic acids is 1. The summed E-state index contributed by atoms with van der Waals surface area (Å²) in [6.07, 6.45) is 1.32. The van der Waals surface area contributed by atoms with E-state index in [9.17, 15) is 9.90 Å². The van der Waals surface area contributed by atoms with Crippen molar-refractivity contribution in [1.29, 1.82) is 0 Å². The van der Waals surface area contributed by atoms with Crippen LogP contribution in [0.1, 0.15) is 0 Å². The first-order valence-corrected chi connectivity index (χ1v) is 5.85. The van der Waals surface area contributed by atoms with Crippen LogP contribution in [0.3, 0.4) is 0 Å². The molecule has 0 aromatic carbocycles. The lowest BCUT2D eigenvalue weighted by Crippen LogP contribution is -2.87. The molecule has 3 N–H and O–H groups in total. The van der Waals surface area contributed by atoms with E-state index in [0.29, 0.717) is 5.16 Å². The third kappa shape index (κ3) is 6.38. The molecule has 2 rings (SSSR count). The van der Waals surface area contributed by atoms with Crippen molar-refractivity contribution in [1.82, 2.24) is 15.2 Å². The molecular formula is C8H14N4O3S. The number of H-pyrrole nitrogens is 1. The molecule has 8 heteroatoms. The number of carbonyl (C=O) groups is 1. The molecule has 1 aliphatic heterocycles. The monoisotopic (exact) mass is 246 g/mol. The molecule has 0 spiro atoms. The van der Waals surface area contributed by atoms with Crippen molar-refractivity contribution in [3.63, 3.8) is 0 Å². The highest BCUT2D eigenvalue weighted by Gasteiger charge is 1.97. The number of thioether (sulfide) groups is 1. The zero-order chi connectivity index (χ0) is 11.6. The molecule has 90 valence electrons. The third-order valence-corrected chi connectivity index (χ3v) is 2.50. The number of aromatic amines is 1. The molecule has 0 radical (unpaired) electrons. The number of nitrogens with zero attached hydrogens (tertiary/aromatic N) is 2. The predicted octanol–water partition coefficient (Wildman–Crippen LogP) is -2.77. The summed E-state index contributed by atoms with van der Waals surface area (Å²) in [5.41, 5.74) is 0. The second-order valence-corrected chi connectivity index (χ2v) is 3.89. The average molecular weight is 246 g/mol. The summed E-state index contributed by atoms with van der Waals surface area (Å²) in [4.78, 5) is 13.6. The highest BCUT2D eigenvalue weighted by molar-refractivity contribution is 7.99. The number of carboxylic acids is 1. The Morgan fingerprint density at radius 3 is 2.75 bits per heavy atom. The fraction of sp³-hybridized carbons (Fsp3) is 0.625. The van der Waals surface area contributed by atoms with E-state index in [4.69, 9.17) is 4.74 Å². The fourth-order valence-corrected chi connectivity index (χ4v) is 1.46. The summed E-state index contributed by atoms with van der Waals surface area (Å²) in [6, 6.07) is 0. The van der Waals surface area contributed by atoms with Gasteiger partial charge in [0.1, 0.15) is 6.33 Å². The Bertz CT molecular complexity index is 278. The highest BCUT2D eigenvalue weighted by atomic mass is 32.2. The van der Waals surface area contributed by atoms with E-state index in [-0.39, 0.29) is 5.75 Å². The van der Waals surface area contributed by atoms with E-state index in [0.717, 1.165) is 38.1 Å². The van der Waals surface area contributed by atoms with Gasteiger partial charge < -0.3 is 20.0 Å². The van der Waals surface area contributed by atoms with Crippen LogP contribution >= 0.6 is 11.8 Å². The van der Waals surface area contributed by atoms with Crippen molar-refractivity contribution >= 4 is 17.7 Å².